The fourth-order valence-corrected chi connectivity index (χ4v) is 1.24. The number of primary amides is 1. The monoisotopic (exact) mass is 202 g/mol. The second-order valence-electron chi connectivity index (χ2n) is 2.97. The van der Waals surface area contributed by atoms with Crippen LogP contribution < -0.4 is 11.1 Å². The van der Waals surface area contributed by atoms with Crippen molar-refractivity contribution in [2.45, 2.75) is 0 Å². The molecule has 0 aliphatic rings. The van der Waals surface area contributed by atoms with Crippen LogP contribution in [0.3, 0.4) is 0 Å². The summed E-state index contributed by atoms with van der Waals surface area (Å²) in [4.78, 5) is 10.6. The first kappa shape index (κ1) is 9.26. The minimum atomic E-state index is -0.617. The summed E-state index contributed by atoms with van der Waals surface area (Å²) in [7, 11) is 0. The van der Waals surface area contributed by atoms with Gasteiger partial charge in [-0.3, -0.25) is 5.32 Å². The molecule has 2 rings (SSSR count). The molecule has 5 nitrogen and oxygen atoms in total. The van der Waals surface area contributed by atoms with Crippen LogP contribution in [0, 0.1) is 0 Å². The highest BCUT2D eigenvalue weighted by atomic mass is 16.2. The van der Waals surface area contributed by atoms with Crippen LogP contribution in [-0.4, -0.2) is 15.8 Å². The predicted octanol–water partition coefficient (Wildman–Crippen LogP) is 1.36. The number of hydrogen-bond donors (Lipinski definition) is 2. The molecular formula is C10H10N4O. The van der Waals surface area contributed by atoms with Crippen molar-refractivity contribution in [3.63, 3.8) is 0 Å². The number of para-hydroxylation sites is 1. The molecule has 0 radical (unpaired) electrons. The fraction of sp³-hybridized carbons (Fsp3) is 0. The molecule has 0 unspecified atom stereocenters. The Morgan fingerprint density at radius 2 is 2.00 bits per heavy atom. The lowest BCUT2D eigenvalue weighted by Gasteiger charge is -1.99. The van der Waals surface area contributed by atoms with Crippen LogP contribution in [0.4, 0.5) is 10.6 Å². The van der Waals surface area contributed by atoms with Crippen molar-refractivity contribution in [2.75, 3.05) is 5.32 Å². The second kappa shape index (κ2) is 3.83. The lowest BCUT2D eigenvalue weighted by molar-refractivity contribution is 0.259. The average molecular weight is 202 g/mol. The Morgan fingerprint density at radius 3 is 2.67 bits per heavy atom. The number of nitrogens with one attached hydrogen (secondary N) is 1. The molecule has 1 heterocycles. The summed E-state index contributed by atoms with van der Waals surface area (Å²) in [5.74, 6) is 0.436. The van der Waals surface area contributed by atoms with Crippen LogP contribution >= 0.6 is 0 Å². The number of aromatic nitrogens is 2. The van der Waals surface area contributed by atoms with Gasteiger partial charge < -0.3 is 5.73 Å². The smallest absolute Gasteiger partial charge is 0.317 e. The SMILES string of the molecule is NC(=O)Nc1ccn(-c2ccccc2)n1. The number of carbonyl (C=O) groups is 1. The van der Waals surface area contributed by atoms with Gasteiger partial charge in [0, 0.05) is 12.3 Å². The molecule has 3 N–H and O–H groups in total. The molecule has 5 heteroatoms. The number of benzene rings is 1. The largest absolute Gasteiger partial charge is 0.351 e. The molecule has 15 heavy (non-hydrogen) atoms. The van der Waals surface area contributed by atoms with E-state index >= 15 is 0 Å². The van der Waals surface area contributed by atoms with E-state index in [2.05, 4.69) is 10.4 Å². The van der Waals surface area contributed by atoms with Gasteiger partial charge >= 0.3 is 6.03 Å². The molecule has 0 bridgehead atoms. The second-order valence-corrected chi connectivity index (χ2v) is 2.97. The summed E-state index contributed by atoms with van der Waals surface area (Å²) in [6, 6.07) is 10.7. The van der Waals surface area contributed by atoms with Gasteiger partial charge in [0.05, 0.1) is 5.69 Å². The quantitative estimate of drug-likeness (QED) is 0.771. The number of nitrogens with two attached hydrogens (primary N) is 1. The number of anilines is 1. The molecule has 2 aromatic rings. The highest BCUT2D eigenvalue weighted by molar-refractivity contribution is 5.86. The van der Waals surface area contributed by atoms with Crippen molar-refractivity contribution in [2.24, 2.45) is 5.73 Å². The van der Waals surface area contributed by atoms with E-state index in [0.717, 1.165) is 5.69 Å². The van der Waals surface area contributed by atoms with Gasteiger partial charge in [0.15, 0.2) is 5.82 Å². The van der Waals surface area contributed by atoms with Crippen LogP contribution in [0.5, 0.6) is 0 Å². The average Bonchev–Trinajstić information content (AvgIpc) is 2.67. The molecule has 0 aliphatic heterocycles. The summed E-state index contributed by atoms with van der Waals surface area (Å²) < 4.78 is 1.66. The third-order valence-electron chi connectivity index (χ3n) is 1.86. The molecule has 0 saturated carbocycles. The third-order valence-corrected chi connectivity index (χ3v) is 1.86. The zero-order chi connectivity index (χ0) is 10.7. The maximum Gasteiger partial charge on any atom is 0.317 e. The molecule has 1 aromatic heterocycles. The minimum Gasteiger partial charge on any atom is -0.351 e. The van der Waals surface area contributed by atoms with Crippen molar-refractivity contribution >= 4 is 11.8 Å². The van der Waals surface area contributed by atoms with E-state index in [4.69, 9.17) is 5.73 Å². The van der Waals surface area contributed by atoms with E-state index < -0.39 is 6.03 Å². The van der Waals surface area contributed by atoms with Gasteiger partial charge in [0.1, 0.15) is 0 Å². The maximum absolute atomic E-state index is 10.6. The van der Waals surface area contributed by atoms with Crippen molar-refractivity contribution in [3.8, 4) is 5.69 Å². The van der Waals surface area contributed by atoms with Gasteiger partial charge in [-0.2, -0.15) is 0 Å². The summed E-state index contributed by atoms with van der Waals surface area (Å²) in [5.41, 5.74) is 5.90. The van der Waals surface area contributed by atoms with Crippen molar-refractivity contribution in [1.29, 1.82) is 0 Å². The van der Waals surface area contributed by atoms with Crippen LogP contribution in [-0.2, 0) is 0 Å². The van der Waals surface area contributed by atoms with E-state index in [1.54, 1.807) is 16.9 Å². The Bertz CT molecular complexity index is 463. The van der Waals surface area contributed by atoms with Gasteiger partial charge in [-0.15, -0.1) is 5.10 Å². The summed E-state index contributed by atoms with van der Waals surface area (Å²) >= 11 is 0. The van der Waals surface area contributed by atoms with E-state index in [0.29, 0.717) is 5.82 Å². The molecule has 0 saturated heterocycles. The third kappa shape index (κ3) is 2.14. The predicted molar refractivity (Wildman–Crippen MR) is 56.8 cm³/mol. The Hall–Kier alpha value is -2.30. The van der Waals surface area contributed by atoms with Crippen LogP contribution in [0.25, 0.3) is 5.69 Å². The molecule has 0 spiro atoms. The topological polar surface area (TPSA) is 72.9 Å². The highest BCUT2D eigenvalue weighted by Gasteiger charge is 2.01. The minimum absolute atomic E-state index is 0.436. The number of nitrogens with zero attached hydrogens (tertiary/aromatic N) is 2. The number of rotatable bonds is 2. The lowest BCUT2D eigenvalue weighted by atomic mass is 10.3. The van der Waals surface area contributed by atoms with Crippen LogP contribution in [0.1, 0.15) is 0 Å². The maximum atomic E-state index is 10.6. The normalized spacial score (nSPS) is 9.87. The van der Waals surface area contributed by atoms with Crippen molar-refractivity contribution < 1.29 is 4.79 Å². The number of amides is 2. The number of hydrogen-bond acceptors (Lipinski definition) is 2. The zero-order valence-corrected chi connectivity index (χ0v) is 7.92. The van der Waals surface area contributed by atoms with Gasteiger partial charge in [0.25, 0.3) is 0 Å². The summed E-state index contributed by atoms with van der Waals surface area (Å²) in [6.45, 7) is 0. The first-order valence-corrected chi connectivity index (χ1v) is 4.43. The zero-order valence-electron chi connectivity index (χ0n) is 7.92. The van der Waals surface area contributed by atoms with Gasteiger partial charge in [-0.25, -0.2) is 9.48 Å². The Morgan fingerprint density at radius 1 is 1.27 bits per heavy atom. The number of urea groups is 1. The standard InChI is InChI=1S/C10H10N4O/c11-10(15)12-9-6-7-14(13-9)8-4-2-1-3-5-8/h1-7H,(H3,11,12,13,15). The van der Waals surface area contributed by atoms with Crippen LogP contribution in [0.2, 0.25) is 0 Å². The molecule has 2 amide bonds. The van der Waals surface area contributed by atoms with Gasteiger partial charge in [0.2, 0.25) is 0 Å². The van der Waals surface area contributed by atoms with E-state index in [-0.39, 0.29) is 0 Å². The van der Waals surface area contributed by atoms with E-state index in [9.17, 15) is 4.79 Å². The van der Waals surface area contributed by atoms with Crippen molar-refractivity contribution in [1.82, 2.24) is 9.78 Å². The van der Waals surface area contributed by atoms with E-state index in [1.807, 2.05) is 30.3 Å². The first-order chi connectivity index (χ1) is 7.25. The van der Waals surface area contributed by atoms with Crippen LogP contribution in [0.15, 0.2) is 42.6 Å². The Balaban J connectivity index is 2.24. The molecule has 76 valence electrons. The Labute approximate surface area is 86.5 Å². The highest BCUT2D eigenvalue weighted by Crippen LogP contribution is 2.09. The molecule has 0 fully saturated rings. The molecule has 1 aromatic carbocycles. The molecule has 0 aliphatic carbocycles. The van der Waals surface area contributed by atoms with E-state index in [1.165, 1.54) is 0 Å². The number of carbonyl (C=O) groups excluding carboxylic acids is 1. The lowest BCUT2D eigenvalue weighted by Crippen LogP contribution is -2.19. The van der Waals surface area contributed by atoms with Crippen molar-refractivity contribution in [3.05, 3.63) is 42.6 Å². The van der Waals surface area contributed by atoms with Gasteiger partial charge in [-0.1, -0.05) is 18.2 Å². The summed E-state index contributed by atoms with van der Waals surface area (Å²) in [6.07, 6.45) is 1.75. The molecule has 0 atom stereocenters. The fourth-order valence-electron chi connectivity index (χ4n) is 1.24. The Kier molecular flexibility index (Phi) is 2.37. The molecular weight excluding hydrogens is 192 g/mol. The first-order valence-electron chi connectivity index (χ1n) is 4.43. The summed E-state index contributed by atoms with van der Waals surface area (Å²) in [5, 5.41) is 6.53. The van der Waals surface area contributed by atoms with Gasteiger partial charge in [-0.05, 0) is 12.1 Å².